The fourth-order valence-electron chi connectivity index (χ4n) is 2.42. The number of alkyl halides is 1. The number of anilines is 1. The zero-order valence-corrected chi connectivity index (χ0v) is 11.9. The molecule has 1 fully saturated rings. The van der Waals surface area contributed by atoms with Crippen molar-refractivity contribution in [3.63, 3.8) is 0 Å². The number of hydrogen-bond acceptors (Lipinski definition) is 4. The summed E-state index contributed by atoms with van der Waals surface area (Å²) in [5.74, 6) is 1.31. The van der Waals surface area contributed by atoms with Gasteiger partial charge in [-0.05, 0) is 26.4 Å². The molecule has 0 amide bonds. The van der Waals surface area contributed by atoms with Gasteiger partial charge in [0.05, 0.1) is 5.88 Å². The van der Waals surface area contributed by atoms with Gasteiger partial charge in [-0.1, -0.05) is 6.92 Å². The van der Waals surface area contributed by atoms with Crippen LogP contribution in [0.3, 0.4) is 0 Å². The number of rotatable bonds is 3. The van der Waals surface area contributed by atoms with Crippen LogP contribution >= 0.6 is 11.6 Å². The van der Waals surface area contributed by atoms with E-state index in [-0.39, 0.29) is 0 Å². The van der Waals surface area contributed by atoms with Crippen molar-refractivity contribution < 1.29 is 0 Å². The van der Waals surface area contributed by atoms with E-state index in [1.807, 2.05) is 12.4 Å². The van der Waals surface area contributed by atoms with Crippen LogP contribution in [0, 0.1) is 0 Å². The molecule has 0 bridgehead atoms. The van der Waals surface area contributed by atoms with Crippen LogP contribution < -0.4 is 4.90 Å². The van der Waals surface area contributed by atoms with Crippen molar-refractivity contribution in [1.82, 2.24) is 14.9 Å². The van der Waals surface area contributed by atoms with Gasteiger partial charge in [0.1, 0.15) is 0 Å². The lowest BCUT2D eigenvalue weighted by atomic mass is 10.2. The smallest absolute Gasteiger partial charge is 0.225 e. The van der Waals surface area contributed by atoms with Gasteiger partial charge in [-0.15, -0.1) is 11.6 Å². The summed E-state index contributed by atoms with van der Waals surface area (Å²) in [6.45, 7) is 5.48. The molecule has 1 atom stereocenters. The first-order chi connectivity index (χ1) is 8.74. The summed E-state index contributed by atoms with van der Waals surface area (Å²) < 4.78 is 0. The molecule has 1 aliphatic heterocycles. The van der Waals surface area contributed by atoms with Gasteiger partial charge in [0.25, 0.3) is 0 Å². The number of hydrogen-bond donors (Lipinski definition) is 0. The van der Waals surface area contributed by atoms with Gasteiger partial charge >= 0.3 is 0 Å². The Balaban J connectivity index is 2.17. The Bertz CT molecular complexity index is 368. The second kappa shape index (κ2) is 6.34. The number of aromatic nitrogens is 2. The molecule has 18 heavy (non-hydrogen) atoms. The predicted molar refractivity (Wildman–Crippen MR) is 75.1 cm³/mol. The molecule has 0 radical (unpaired) electrons. The molecule has 0 spiro atoms. The first-order valence-corrected chi connectivity index (χ1v) is 7.10. The molecule has 2 heterocycles. The maximum Gasteiger partial charge on any atom is 0.225 e. The first-order valence-electron chi connectivity index (χ1n) is 6.56. The second-order valence-electron chi connectivity index (χ2n) is 4.90. The maximum absolute atomic E-state index is 5.77. The zero-order valence-electron chi connectivity index (χ0n) is 11.1. The lowest BCUT2D eigenvalue weighted by Gasteiger charge is -2.30. The Morgan fingerprint density at radius 3 is 2.67 bits per heavy atom. The Labute approximate surface area is 114 Å². The van der Waals surface area contributed by atoms with Crippen molar-refractivity contribution >= 4 is 17.5 Å². The van der Waals surface area contributed by atoms with Crippen LogP contribution in [-0.2, 0) is 5.88 Å². The SMILES string of the molecule is CCC1CN(C)CCCN1c1ncc(CCl)cn1. The van der Waals surface area contributed by atoms with Crippen LogP contribution in [0.25, 0.3) is 0 Å². The van der Waals surface area contributed by atoms with Gasteiger partial charge in [-0.25, -0.2) is 9.97 Å². The summed E-state index contributed by atoms with van der Waals surface area (Å²) in [6.07, 6.45) is 5.94. The summed E-state index contributed by atoms with van der Waals surface area (Å²) in [4.78, 5) is 13.6. The molecule has 0 aromatic carbocycles. The molecule has 1 unspecified atom stereocenters. The highest BCUT2D eigenvalue weighted by Crippen LogP contribution is 2.18. The van der Waals surface area contributed by atoms with Crippen LogP contribution in [0.5, 0.6) is 0 Å². The molecule has 1 aromatic rings. The molecular formula is C13H21ClN4. The molecule has 2 rings (SSSR count). The van der Waals surface area contributed by atoms with Crippen LogP contribution in [0.15, 0.2) is 12.4 Å². The van der Waals surface area contributed by atoms with E-state index in [0.29, 0.717) is 11.9 Å². The molecule has 1 aromatic heterocycles. The van der Waals surface area contributed by atoms with Crippen molar-refractivity contribution in [3.05, 3.63) is 18.0 Å². The van der Waals surface area contributed by atoms with Crippen LogP contribution in [0.1, 0.15) is 25.3 Å². The highest BCUT2D eigenvalue weighted by molar-refractivity contribution is 6.17. The minimum absolute atomic E-state index is 0.472. The summed E-state index contributed by atoms with van der Waals surface area (Å²) in [5, 5.41) is 0. The monoisotopic (exact) mass is 268 g/mol. The van der Waals surface area contributed by atoms with Crippen molar-refractivity contribution in [2.24, 2.45) is 0 Å². The molecular weight excluding hydrogens is 248 g/mol. The Hall–Kier alpha value is -0.870. The van der Waals surface area contributed by atoms with Crippen LogP contribution in [0.2, 0.25) is 0 Å². The summed E-state index contributed by atoms with van der Waals surface area (Å²) in [7, 11) is 2.18. The van der Waals surface area contributed by atoms with Gasteiger partial charge in [0.15, 0.2) is 0 Å². The van der Waals surface area contributed by atoms with Gasteiger partial charge in [-0.3, -0.25) is 0 Å². The van der Waals surface area contributed by atoms with E-state index in [1.165, 1.54) is 0 Å². The second-order valence-corrected chi connectivity index (χ2v) is 5.16. The molecule has 1 saturated heterocycles. The lowest BCUT2D eigenvalue weighted by molar-refractivity contribution is 0.327. The molecule has 5 heteroatoms. The Morgan fingerprint density at radius 2 is 2.06 bits per heavy atom. The largest absolute Gasteiger partial charge is 0.337 e. The quantitative estimate of drug-likeness (QED) is 0.787. The average molecular weight is 269 g/mol. The van der Waals surface area contributed by atoms with Crippen LogP contribution in [-0.4, -0.2) is 47.6 Å². The minimum Gasteiger partial charge on any atom is -0.337 e. The van der Waals surface area contributed by atoms with E-state index >= 15 is 0 Å². The van der Waals surface area contributed by atoms with Gasteiger partial charge in [-0.2, -0.15) is 0 Å². The van der Waals surface area contributed by atoms with Gasteiger partial charge in [0.2, 0.25) is 5.95 Å². The fourth-order valence-corrected chi connectivity index (χ4v) is 2.56. The average Bonchev–Trinajstić information content (AvgIpc) is 2.60. The highest BCUT2D eigenvalue weighted by atomic mass is 35.5. The van der Waals surface area contributed by atoms with E-state index in [0.717, 1.165) is 44.0 Å². The summed E-state index contributed by atoms with van der Waals surface area (Å²) >= 11 is 5.77. The molecule has 0 N–H and O–H groups in total. The molecule has 0 saturated carbocycles. The molecule has 0 aliphatic carbocycles. The van der Waals surface area contributed by atoms with E-state index in [4.69, 9.17) is 11.6 Å². The Kier molecular flexibility index (Phi) is 4.78. The number of halogens is 1. The highest BCUT2D eigenvalue weighted by Gasteiger charge is 2.23. The number of nitrogens with zero attached hydrogens (tertiary/aromatic N) is 4. The van der Waals surface area contributed by atoms with E-state index < -0.39 is 0 Å². The van der Waals surface area contributed by atoms with Crippen LogP contribution in [0.4, 0.5) is 5.95 Å². The third kappa shape index (κ3) is 3.12. The van der Waals surface area contributed by atoms with Gasteiger partial charge < -0.3 is 9.80 Å². The standard InChI is InChI=1S/C13H21ClN4/c1-3-12-10-17(2)5-4-6-18(12)13-15-8-11(7-14)9-16-13/h8-9,12H,3-7,10H2,1-2H3. The van der Waals surface area contributed by atoms with Gasteiger partial charge in [0, 0.05) is 37.1 Å². The predicted octanol–water partition coefficient (Wildman–Crippen LogP) is 2.14. The van der Waals surface area contributed by atoms with Crippen molar-refractivity contribution in [2.75, 3.05) is 31.6 Å². The third-order valence-electron chi connectivity index (χ3n) is 3.48. The molecule has 4 nitrogen and oxygen atoms in total. The third-order valence-corrected chi connectivity index (χ3v) is 3.78. The zero-order chi connectivity index (χ0) is 13.0. The minimum atomic E-state index is 0.472. The first kappa shape index (κ1) is 13.6. The van der Waals surface area contributed by atoms with Crippen molar-refractivity contribution in [2.45, 2.75) is 31.7 Å². The van der Waals surface area contributed by atoms with E-state index in [1.54, 1.807) is 0 Å². The summed E-state index contributed by atoms with van der Waals surface area (Å²) in [6, 6.07) is 0.499. The topological polar surface area (TPSA) is 32.3 Å². The normalized spacial score (nSPS) is 21.9. The van der Waals surface area contributed by atoms with Crippen molar-refractivity contribution in [1.29, 1.82) is 0 Å². The molecule has 100 valence electrons. The maximum atomic E-state index is 5.77. The lowest BCUT2D eigenvalue weighted by Crippen LogP contribution is -2.40. The number of likely N-dealkylation sites (N-methyl/N-ethyl adjacent to an activating group) is 1. The van der Waals surface area contributed by atoms with E-state index in [2.05, 4.69) is 33.7 Å². The fraction of sp³-hybridized carbons (Fsp3) is 0.692. The Morgan fingerprint density at radius 1 is 1.33 bits per heavy atom. The van der Waals surface area contributed by atoms with Crippen molar-refractivity contribution in [3.8, 4) is 0 Å². The molecule has 1 aliphatic rings. The van der Waals surface area contributed by atoms with E-state index in [9.17, 15) is 0 Å². The summed E-state index contributed by atoms with van der Waals surface area (Å²) in [5.41, 5.74) is 0.973.